The smallest absolute Gasteiger partial charge is 0.335 e. The summed E-state index contributed by atoms with van der Waals surface area (Å²) < 4.78 is 0. The summed E-state index contributed by atoms with van der Waals surface area (Å²) in [5.74, 6) is -0.581. The van der Waals surface area contributed by atoms with E-state index in [0.717, 1.165) is 6.42 Å². The molecule has 2 nitrogen and oxygen atoms in total. The molecule has 1 unspecified atom stereocenters. The third-order valence-electron chi connectivity index (χ3n) is 6.58. The van der Waals surface area contributed by atoms with Gasteiger partial charge in [0.05, 0.1) is 5.56 Å². The molecule has 0 bridgehead atoms. The molecule has 0 aromatic heterocycles. The fourth-order valence-corrected chi connectivity index (χ4v) is 4.61. The molecule has 0 saturated heterocycles. The molecular weight excluding hydrogens is 332 g/mol. The van der Waals surface area contributed by atoms with Crippen molar-refractivity contribution in [3.63, 3.8) is 0 Å². The second-order valence-electron chi connectivity index (χ2n) is 9.41. The summed E-state index contributed by atoms with van der Waals surface area (Å²) in [6.45, 7) is 13.9. The van der Waals surface area contributed by atoms with E-state index in [1.54, 1.807) is 12.1 Å². The van der Waals surface area contributed by atoms with Gasteiger partial charge in [-0.25, -0.2) is 4.79 Å². The number of carboxylic acid groups (broad SMARTS) is 1. The third-order valence-corrected chi connectivity index (χ3v) is 6.58. The van der Waals surface area contributed by atoms with Gasteiger partial charge in [-0.05, 0) is 77.0 Å². The van der Waals surface area contributed by atoms with Crippen LogP contribution in [0.2, 0.25) is 0 Å². The summed E-state index contributed by atoms with van der Waals surface area (Å²) in [5.41, 5.74) is 7.66. The van der Waals surface area contributed by atoms with Crippen molar-refractivity contribution in [2.24, 2.45) is 0 Å². The van der Waals surface area contributed by atoms with Crippen molar-refractivity contribution < 1.29 is 9.90 Å². The molecule has 1 atom stereocenters. The Labute approximate surface area is 163 Å². The zero-order chi connectivity index (χ0) is 20.0. The van der Waals surface area contributed by atoms with Crippen LogP contribution in [0.5, 0.6) is 0 Å². The summed E-state index contributed by atoms with van der Waals surface area (Å²) in [6.07, 6.45) is 3.43. The number of aromatic carboxylic acids is 1. The molecule has 2 heteroatoms. The van der Waals surface area contributed by atoms with Crippen molar-refractivity contribution in [1.29, 1.82) is 0 Å². The highest BCUT2D eigenvalue weighted by Gasteiger charge is 2.37. The molecule has 144 valence electrons. The standard InChI is InChI=1S/C25H32O2/c1-7-19(17-8-10-18(11-9-17)23(26)27)20-15-22-21(14-16(20)2)24(3,4)12-13-25(22,5)6/h8-11,14-15,19H,7,12-13H2,1-6H3,(H,26,27). The van der Waals surface area contributed by atoms with Gasteiger partial charge in [-0.2, -0.15) is 0 Å². The highest BCUT2D eigenvalue weighted by atomic mass is 16.4. The summed E-state index contributed by atoms with van der Waals surface area (Å²) in [5, 5.41) is 9.17. The Morgan fingerprint density at radius 1 is 1.00 bits per heavy atom. The second kappa shape index (κ2) is 6.82. The van der Waals surface area contributed by atoms with E-state index in [9.17, 15) is 9.90 Å². The van der Waals surface area contributed by atoms with Crippen LogP contribution in [0.15, 0.2) is 36.4 Å². The van der Waals surface area contributed by atoms with Crippen molar-refractivity contribution >= 4 is 5.97 Å². The van der Waals surface area contributed by atoms with Crippen molar-refractivity contribution in [3.05, 3.63) is 69.8 Å². The van der Waals surface area contributed by atoms with E-state index in [2.05, 4.69) is 53.7 Å². The van der Waals surface area contributed by atoms with Crippen LogP contribution >= 0.6 is 0 Å². The van der Waals surface area contributed by atoms with E-state index in [1.165, 1.54) is 40.7 Å². The molecule has 0 fully saturated rings. The first-order valence-corrected chi connectivity index (χ1v) is 10.1. The van der Waals surface area contributed by atoms with Gasteiger partial charge in [-0.1, -0.05) is 58.9 Å². The molecule has 0 aliphatic heterocycles. The van der Waals surface area contributed by atoms with Gasteiger partial charge in [0.25, 0.3) is 0 Å². The lowest BCUT2D eigenvalue weighted by Crippen LogP contribution is -2.34. The number of aryl methyl sites for hydroxylation is 1. The summed E-state index contributed by atoms with van der Waals surface area (Å²) >= 11 is 0. The number of hydrogen-bond donors (Lipinski definition) is 1. The van der Waals surface area contributed by atoms with E-state index in [4.69, 9.17) is 0 Å². The Morgan fingerprint density at radius 3 is 2.00 bits per heavy atom. The topological polar surface area (TPSA) is 37.3 Å². The van der Waals surface area contributed by atoms with E-state index in [0.29, 0.717) is 11.5 Å². The van der Waals surface area contributed by atoms with Crippen LogP contribution < -0.4 is 0 Å². The van der Waals surface area contributed by atoms with Crippen LogP contribution in [-0.4, -0.2) is 11.1 Å². The van der Waals surface area contributed by atoms with Gasteiger partial charge in [-0.15, -0.1) is 0 Å². The molecule has 0 saturated carbocycles. The molecule has 0 radical (unpaired) electrons. The maximum absolute atomic E-state index is 11.2. The lowest BCUT2D eigenvalue weighted by Gasteiger charge is -2.42. The predicted octanol–water partition coefficient (Wildman–Crippen LogP) is 6.58. The van der Waals surface area contributed by atoms with Gasteiger partial charge < -0.3 is 5.11 Å². The molecule has 2 aromatic rings. The molecule has 0 amide bonds. The van der Waals surface area contributed by atoms with Gasteiger partial charge in [0, 0.05) is 5.92 Å². The maximum atomic E-state index is 11.2. The Balaban J connectivity index is 2.11. The van der Waals surface area contributed by atoms with Crippen LogP contribution in [0.1, 0.15) is 98.0 Å². The second-order valence-corrected chi connectivity index (χ2v) is 9.41. The molecule has 1 aliphatic carbocycles. The molecule has 3 rings (SSSR count). The van der Waals surface area contributed by atoms with E-state index in [1.807, 2.05) is 12.1 Å². The number of benzene rings is 2. The van der Waals surface area contributed by atoms with Crippen LogP contribution in [-0.2, 0) is 10.8 Å². The largest absolute Gasteiger partial charge is 0.478 e. The Morgan fingerprint density at radius 2 is 1.52 bits per heavy atom. The lowest BCUT2D eigenvalue weighted by atomic mass is 9.62. The first-order valence-electron chi connectivity index (χ1n) is 10.1. The minimum atomic E-state index is -0.872. The Bertz CT molecular complexity index is 857. The highest BCUT2D eigenvalue weighted by Crippen LogP contribution is 2.47. The van der Waals surface area contributed by atoms with Crippen molar-refractivity contribution in [1.82, 2.24) is 0 Å². The van der Waals surface area contributed by atoms with Crippen molar-refractivity contribution in [2.45, 2.75) is 77.6 Å². The number of carbonyl (C=O) groups is 1. The quantitative estimate of drug-likeness (QED) is 0.665. The molecule has 1 N–H and O–H groups in total. The molecule has 2 aromatic carbocycles. The van der Waals surface area contributed by atoms with E-state index in [-0.39, 0.29) is 10.8 Å². The van der Waals surface area contributed by atoms with Gasteiger partial charge in [0.1, 0.15) is 0 Å². The lowest BCUT2D eigenvalue weighted by molar-refractivity contribution is 0.0697. The monoisotopic (exact) mass is 364 g/mol. The van der Waals surface area contributed by atoms with Gasteiger partial charge in [-0.3, -0.25) is 0 Å². The minimum absolute atomic E-state index is 0.193. The first-order chi connectivity index (χ1) is 12.6. The average molecular weight is 365 g/mol. The van der Waals surface area contributed by atoms with Crippen LogP contribution in [0, 0.1) is 6.92 Å². The maximum Gasteiger partial charge on any atom is 0.335 e. The number of hydrogen-bond acceptors (Lipinski definition) is 1. The zero-order valence-corrected chi connectivity index (χ0v) is 17.5. The molecule has 0 spiro atoms. The average Bonchev–Trinajstić information content (AvgIpc) is 2.61. The third kappa shape index (κ3) is 3.54. The summed E-state index contributed by atoms with van der Waals surface area (Å²) in [6, 6.07) is 12.3. The van der Waals surface area contributed by atoms with E-state index < -0.39 is 5.97 Å². The van der Waals surface area contributed by atoms with Gasteiger partial charge in [0.2, 0.25) is 0 Å². The molecular formula is C25H32O2. The van der Waals surface area contributed by atoms with Gasteiger partial charge in [0.15, 0.2) is 0 Å². The number of rotatable bonds is 4. The Kier molecular flexibility index (Phi) is 4.96. The Hall–Kier alpha value is -2.09. The summed E-state index contributed by atoms with van der Waals surface area (Å²) in [4.78, 5) is 11.2. The SMILES string of the molecule is CCC(c1ccc(C(=O)O)cc1)c1cc2c(cc1C)C(C)(C)CCC2(C)C. The minimum Gasteiger partial charge on any atom is -0.478 e. The van der Waals surface area contributed by atoms with Crippen molar-refractivity contribution in [3.8, 4) is 0 Å². The predicted molar refractivity (Wildman–Crippen MR) is 112 cm³/mol. The molecule has 1 aliphatic rings. The highest BCUT2D eigenvalue weighted by molar-refractivity contribution is 5.87. The van der Waals surface area contributed by atoms with Crippen molar-refractivity contribution in [2.75, 3.05) is 0 Å². The van der Waals surface area contributed by atoms with Crippen LogP contribution in [0.4, 0.5) is 0 Å². The molecule has 27 heavy (non-hydrogen) atoms. The normalized spacial score (nSPS) is 18.6. The van der Waals surface area contributed by atoms with E-state index >= 15 is 0 Å². The fourth-order valence-electron chi connectivity index (χ4n) is 4.61. The fraction of sp³-hybridized carbons (Fsp3) is 0.480. The number of carboxylic acids is 1. The first kappa shape index (κ1) is 19.7. The zero-order valence-electron chi connectivity index (χ0n) is 17.5. The summed E-state index contributed by atoms with van der Waals surface area (Å²) in [7, 11) is 0. The number of fused-ring (bicyclic) bond motifs is 1. The van der Waals surface area contributed by atoms with Crippen LogP contribution in [0.25, 0.3) is 0 Å². The van der Waals surface area contributed by atoms with Gasteiger partial charge >= 0.3 is 5.97 Å². The van der Waals surface area contributed by atoms with Crippen LogP contribution in [0.3, 0.4) is 0 Å². The molecule has 0 heterocycles.